The third-order valence-corrected chi connectivity index (χ3v) is 2.57. The zero-order chi connectivity index (χ0) is 13.4. The smallest absolute Gasteiger partial charge is 0.166 e. The molecule has 0 aliphatic rings. The molecule has 0 spiro atoms. The molecular formula is C15H23NO2. The Bertz CT molecular complexity index is 395. The summed E-state index contributed by atoms with van der Waals surface area (Å²) in [5, 5.41) is 3.30. The van der Waals surface area contributed by atoms with Crippen LogP contribution in [0.3, 0.4) is 0 Å². The first-order chi connectivity index (χ1) is 8.69. The van der Waals surface area contributed by atoms with Crippen LogP contribution in [0.4, 0.5) is 0 Å². The molecule has 3 heteroatoms. The Morgan fingerprint density at radius 2 is 2.11 bits per heavy atom. The van der Waals surface area contributed by atoms with Gasteiger partial charge in [-0.2, -0.15) is 0 Å². The molecule has 1 aromatic rings. The van der Waals surface area contributed by atoms with Gasteiger partial charge in [-0.25, -0.2) is 0 Å². The molecule has 100 valence electrons. The number of para-hydroxylation sites is 1. The van der Waals surface area contributed by atoms with Crippen molar-refractivity contribution in [2.45, 2.75) is 27.3 Å². The van der Waals surface area contributed by atoms with E-state index < -0.39 is 0 Å². The highest BCUT2D eigenvalue weighted by Gasteiger charge is 2.09. The maximum absolute atomic E-state index is 5.83. The van der Waals surface area contributed by atoms with Crippen molar-refractivity contribution in [3.63, 3.8) is 0 Å². The molecule has 1 N–H and O–H groups in total. The third-order valence-electron chi connectivity index (χ3n) is 2.57. The lowest BCUT2D eigenvalue weighted by Crippen LogP contribution is -2.13. The summed E-state index contributed by atoms with van der Waals surface area (Å²) >= 11 is 0. The fraction of sp³-hybridized carbons (Fsp3) is 0.467. The van der Waals surface area contributed by atoms with Crippen LogP contribution in [0.25, 0.3) is 0 Å². The minimum absolute atomic E-state index is 0.571. The molecule has 0 saturated heterocycles. The Balaban J connectivity index is 2.85. The Kier molecular flexibility index (Phi) is 6.29. The van der Waals surface area contributed by atoms with Gasteiger partial charge >= 0.3 is 0 Å². The topological polar surface area (TPSA) is 30.5 Å². The average molecular weight is 249 g/mol. The molecule has 0 unspecified atom stereocenters. The van der Waals surface area contributed by atoms with E-state index >= 15 is 0 Å². The number of ether oxygens (including phenoxy) is 2. The zero-order valence-electron chi connectivity index (χ0n) is 11.7. The number of rotatable bonds is 7. The van der Waals surface area contributed by atoms with Crippen molar-refractivity contribution in [2.24, 2.45) is 0 Å². The van der Waals surface area contributed by atoms with Gasteiger partial charge in [0.05, 0.1) is 7.11 Å². The van der Waals surface area contributed by atoms with Gasteiger partial charge in [0.2, 0.25) is 0 Å². The van der Waals surface area contributed by atoms with Gasteiger partial charge in [-0.1, -0.05) is 24.6 Å². The van der Waals surface area contributed by atoms with Crippen LogP contribution in [0.15, 0.2) is 29.8 Å². The standard InChI is InChI=1S/C15H23NO2/c1-5-16-11-13-7-6-8-14(17-4)15(13)18-10-9-12(2)3/h6-9,16H,5,10-11H2,1-4H3. The lowest BCUT2D eigenvalue weighted by atomic mass is 10.2. The monoisotopic (exact) mass is 249 g/mol. The van der Waals surface area contributed by atoms with E-state index in [4.69, 9.17) is 9.47 Å². The summed E-state index contributed by atoms with van der Waals surface area (Å²) in [4.78, 5) is 0. The summed E-state index contributed by atoms with van der Waals surface area (Å²) in [6.07, 6.45) is 2.06. The van der Waals surface area contributed by atoms with Crippen molar-refractivity contribution in [2.75, 3.05) is 20.3 Å². The minimum Gasteiger partial charge on any atom is -0.493 e. The number of hydrogen-bond donors (Lipinski definition) is 1. The summed E-state index contributed by atoms with van der Waals surface area (Å²) in [7, 11) is 1.67. The summed E-state index contributed by atoms with van der Waals surface area (Å²) in [6.45, 7) is 8.50. The van der Waals surface area contributed by atoms with Gasteiger partial charge in [-0.05, 0) is 32.5 Å². The van der Waals surface area contributed by atoms with E-state index in [0.717, 1.165) is 30.2 Å². The molecule has 0 bridgehead atoms. The molecule has 0 aliphatic heterocycles. The second-order valence-electron chi connectivity index (χ2n) is 4.32. The Labute approximate surface area is 110 Å². The first kappa shape index (κ1) is 14.6. The normalized spacial score (nSPS) is 10.0. The van der Waals surface area contributed by atoms with Crippen LogP contribution < -0.4 is 14.8 Å². The van der Waals surface area contributed by atoms with E-state index in [0.29, 0.717) is 6.61 Å². The highest BCUT2D eigenvalue weighted by atomic mass is 16.5. The van der Waals surface area contributed by atoms with Crippen molar-refractivity contribution in [1.29, 1.82) is 0 Å². The van der Waals surface area contributed by atoms with Crippen LogP contribution in [-0.2, 0) is 6.54 Å². The Morgan fingerprint density at radius 3 is 2.72 bits per heavy atom. The molecule has 0 amide bonds. The summed E-state index contributed by atoms with van der Waals surface area (Å²) < 4.78 is 11.2. The van der Waals surface area contributed by atoms with Crippen LogP contribution in [0.2, 0.25) is 0 Å². The first-order valence-corrected chi connectivity index (χ1v) is 6.31. The van der Waals surface area contributed by atoms with E-state index in [2.05, 4.69) is 38.2 Å². The molecule has 0 radical (unpaired) electrons. The minimum atomic E-state index is 0.571. The zero-order valence-corrected chi connectivity index (χ0v) is 11.7. The third kappa shape index (κ3) is 4.41. The molecule has 0 aliphatic carbocycles. The fourth-order valence-electron chi connectivity index (χ4n) is 1.58. The summed E-state index contributed by atoms with van der Waals surface area (Å²) in [6, 6.07) is 5.97. The van der Waals surface area contributed by atoms with Crippen molar-refractivity contribution in [1.82, 2.24) is 5.32 Å². The van der Waals surface area contributed by atoms with Gasteiger partial charge in [0.25, 0.3) is 0 Å². The van der Waals surface area contributed by atoms with Crippen LogP contribution in [0.5, 0.6) is 11.5 Å². The predicted octanol–water partition coefficient (Wildman–Crippen LogP) is 3.15. The van der Waals surface area contributed by atoms with Crippen LogP contribution >= 0.6 is 0 Å². The van der Waals surface area contributed by atoms with Crippen molar-refractivity contribution in [3.05, 3.63) is 35.4 Å². The lowest BCUT2D eigenvalue weighted by molar-refractivity contribution is 0.321. The van der Waals surface area contributed by atoms with Crippen LogP contribution in [0.1, 0.15) is 26.3 Å². The number of benzene rings is 1. The van der Waals surface area contributed by atoms with Crippen LogP contribution in [-0.4, -0.2) is 20.3 Å². The largest absolute Gasteiger partial charge is 0.493 e. The van der Waals surface area contributed by atoms with Crippen molar-refractivity contribution >= 4 is 0 Å². The van der Waals surface area contributed by atoms with E-state index in [-0.39, 0.29) is 0 Å². The summed E-state index contributed by atoms with van der Waals surface area (Å²) in [5.41, 5.74) is 2.37. The highest BCUT2D eigenvalue weighted by molar-refractivity contribution is 5.46. The maximum Gasteiger partial charge on any atom is 0.166 e. The number of allylic oxidation sites excluding steroid dienone is 1. The molecular weight excluding hydrogens is 226 g/mol. The molecule has 1 rings (SSSR count). The van der Waals surface area contributed by atoms with Gasteiger partial charge in [-0.3, -0.25) is 0 Å². The maximum atomic E-state index is 5.83. The Hall–Kier alpha value is -1.48. The van der Waals surface area contributed by atoms with E-state index in [1.807, 2.05) is 12.1 Å². The lowest BCUT2D eigenvalue weighted by Gasteiger charge is -2.14. The van der Waals surface area contributed by atoms with E-state index in [1.165, 1.54) is 5.57 Å². The van der Waals surface area contributed by atoms with Crippen LogP contribution in [0, 0.1) is 0 Å². The predicted molar refractivity (Wildman–Crippen MR) is 75.3 cm³/mol. The molecule has 0 atom stereocenters. The van der Waals surface area contributed by atoms with Gasteiger partial charge in [0.1, 0.15) is 6.61 Å². The molecule has 3 nitrogen and oxygen atoms in total. The number of methoxy groups -OCH3 is 1. The number of hydrogen-bond acceptors (Lipinski definition) is 3. The quantitative estimate of drug-likeness (QED) is 0.753. The second kappa shape index (κ2) is 7.77. The van der Waals surface area contributed by atoms with Gasteiger partial charge in [0, 0.05) is 12.1 Å². The average Bonchev–Trinajstić information content (AvgIpc) is 2.36. The molecule has 1 aromatic carbocycles. The molecule has 0 saturated carbocycles. The molecule has 0 fully saturated rings. The van der Waals surface area contributed by atoms with E-state index in [1.54, 1.807) is 7.11 Å². The molecule has 0 aromatic heterocycles. The highest BCUT2D eigenvalue weighted by Crippen LogP contribution is 2.31. The van der Waals surface area contributed by atoms with Gasteiger partial charge in [-0.15, -0.1) is 0 Å². The van der Waals surface area contributed by atoms with Crippen molar-refractivity contribution in [3.8, 4) is 11.5 Å². The first-order valence-electron chi connectivity index (χ1n) is 6.31. The van der Waals surface area contributed by atoms with Crippen molar-refractivity contribution < 1.29 is 9.47 Å². The number of nitrogens with one attached hydrogen (secondary N) is 1. The molecule has 0 heterocycles. The second-order valence-corrected chi connectivity index (χ2v) is 4.32. The van der Waals surface area contributed by atoms with E-state index in [9.17, 15) is 0 Å². The summed E-state index contributed by atoms with van der Waals surface area (Å²) in [5.74, 6) is 1.62. The van der Waals surface area contributed by atoms with Gasteiger partial charge in [0.15, 0.2) is 11.5 Å². The van der Waals surface area contributed by atoms with Gasteiger partial charge < -0.3 is 14.8 Å². The Morgan fingerprint density at radius 1 is 1.33 bits per heavy atom. The fourth-order valence-corrected chi connectivity index (χ4v) is 1.58. The molecule has 18 heavy (non-hydrogen) atoms. The SMILES string of the molecule is CCNCc1cccc(OC)c1OCC=C(C)C.